The topological polar surface area (TPSA) is 45.2 Å². The number of nitrogens with one attached hydrogen (secondary N) is 1. The first-order valence-corrected chi connectivity index (χ1v) is 11.0. The smallest absolute Gasteiger partial charge is 0.243 e. The lowest BCUT2D eigenvalue weighted by molar-refractivity contribution is -0.127. The Morgan fingerprint density at radius 1 is 1.28 bits per heavy atom. The zero-order chi connectivity index (χ0) is 17.0. The molecule has 1 saturated heterocycles. The molecular formula is C20H29N3OS. The molecule has 1 N–H and O–H groups in total. The van der Waals surface area contributed by atoms with E-state index in [0.29, 0.717) is 11.5 Å². The molecule has 0 aromatic carbocycles. The molecule has 5 fully saturated rings. The summed E-state index contributed by atoms with van der Waals surface area (Å²) < 4.78 is 0. The fourth-order valence-corrected chi connectivity index (χ4v) is 7.52. The van der Waals surface area contributed by atoms with Crippen LogP contribution in [0.2, 0.25) is 0 Å². The van der Waals surface area contributed by atoms with E-state index in [4.69, 9.17) is 0 Å². The van der Waals surface area contributed by atoms with E-state index in [0.717, 1.165) is 42.3 Å². The van der Waals surface area contributed by atoms with Crippen LogP contribution >= 0.6 is 11.3 Å². The van der Waals surface area contributed by atoms with Gasteiger partial charge in [-0.15, -0.1) is 11.3 Å². The number of carbonyl (C=O) groups is 1. The summed E-state index contributed by atoms with van der Waals surface area (Å²) in [5, 5.41) is 6.47. The lowest BCUT2D eigenvalue weighted by Gasteiger charge is -2.59. The van der Waals surface area contributed by atoms with Crippen molar-refractivity contribution >= 4 is 22.4 Å². The van der Waals surface area contributed by atoms with Gasteiger partial charge in [0.1, 0.15) is 6.04 Å². The SMILES string of the molecule is C[C@@H](NC(=O)[C@@H]1CCCN1c1nccs1)C12CC3CC(CC(C3)C1)C2. The summed E-state index contributed by atoms with van der Waals surface area (Å²) in [6.07, 6.45) is 12.3. The second kappa shape index (κ2) is 5.97. The molecule has 4 aliphatic carbocycles. The van der Waals surface area contributed by atoms with E-state index in [1.807, 2.05) is 11.6 Å². The molecule has 6 rings (SSSR count). The molecule has 1 aliphatic heterocycles. The fourth-order valence-electron chi connectivity index (χ4n) is 6.80. The highest BCUT2D eigenvalue weighted by molar-refractivity contribution is 7.13. The molecule has 0 unspecified atom stereocenters. The standard InChI is InChI=1S/C20H29N3OS/c1-13(20-10-14-7-15(11-20)9-16(8-14)12-20)22-18(24)17-3-2-5-23(17)19-21-4-6-25-19/h4,6,13-17H,2-3,5,7-12H2,1H3,(H,22,24)/t13-,14?,15?,16?,17+,20?/m1/s1. The summed E-state index contributed by atoms with van der Waals surface area (Å²) in [6, 6.07) is 0.287. The predicted octanol–water partition coefficient (Wildman–Crippen LogP) is 3.83. The minimum absolute atomic E-state index is 0.0255. The van der Waals surface area contributed by atoms with Crippen molar-refractivity contribution < 1.29 is 4.79 Å². The summed E-state index contributed by atoms with van der Waals surface area (Å²) in [7, 11) is 0. The summed E-state index contributed by atoms with van der Waals surface area (Å²) >= 11 is 1.64. The largest absolute Gasteiger partial charge is 0.351 e. The van der Waals surface area contributed by atoms with E-state index in [9.17, 15) is 4.79 Å². The quantitative estimate of drug-likeness (QED) is 0.888. The van der Waals surface area contributed by atoms with Crippen molar-refractivity contribution in [3.63, 3.8) is 0 Å². The molecule has 4 saturated carbocycles. The zero-order valence-corrected chi connectivity index (χ0v) is 15.9. The van der Waals surface area contributed by atoms with Crippen molar-refractivity contribution in [1.29, 1.82) is 0 Å². The Morgan fingerprint density at radius 3 is 2.56 bits per heavy atom. The molecular weight excluding hydrogens is 330 g/mol. The van der Waals surface area contributed by atoms with Gasteiger partial charge in [-0.05, 0) is 81.5 Å². The van der Waals surface area contributed by atoms with Crippen LogP contribution in [0.1, 0.15) is 58.3 Å². The second-order valence-electron chi connectivity index (χ2n) is 9.18. The maximum absolute atomic E-state index is 13.1. The molecule has 1 aromatic heterocycles. The molecule has 0 radical (unpaired) electrons. The van der Waals surface area contributed by atoms with Crippen molar-refractivity contribution in [1.82, 2.24) is 10.3 Å². The van der Waals surface area contributed by atoms with Crippen LogP contribution in [0.25, 0.3) is 0 Å². The first-order chi connectivity index (χ1) is 12.1. The van der Waals surface area contributed by atoms with E-state index in [2.05, 4.69) is 22.1 Å². The molecule has 5 aliphatic rings. The average molecular weight is 360 g/mol. The third-order valence-corrected chi connectivity index (χ3v) is 8.39. The Morgan fingerprint density at radius 2 is 1.96 bits per heavy atom. The third kappa shape index (κ3) is 2.70. The lowest BCUT2D eigenvalue weighted by atomic mass is 9.48. The Hall–Kier alpha value is -1.10. The molecule has 5 heteroatoms. The van der Waals surface area contributed by atoms with Crippen molar-refractivity contribution in [2.24, 2.45) is 23.2 Å². The first-order valence-electron chi connectivity index (χ1n) is 10.1. The number of nitrogens with zero attached hydrogens (tertiary/aromatic N) is 2. The Kier molecular flexibility index (Phi) is 3.84. The average Bonchev–Trinajstić information content (AvgIpc) is 3.24. The third-order valence-electron chi connectivity index (χ3n) is 7.58. The van der Waals surface area contributed by atoms with E-state index in [1.54, 1.807) is 11.3 Å². The van der Waals surface area contributed by atoms with Crippen LogP contribution < -0.4 is 10.2 Å². The van der Waals surface area contributed by atoms with E-state index >= 15 is 0 Å². The minimum Gasteiger partial charge on any atom is -0.351 e. The van der Waals surface area contributed by atoms with Crippen LogP contribution in [-0.4, -0.2) is 29.5 Å². The number of thiazole rings is 1. The number of aromatic nitrogens is 1. The van der Waals surface area contributed by atoms with Gasteiger partial charge in [0.05, 0.1) is 0 Å². The van der Waals surface area contributed by atoms with Gasteiger partial charge in [-0.3, -0.25) is 4.79 Å². The Labute approximate surface area is 154 Å². The zero-order valence-electron chi connectivity index (χ0n) is 15.1. The van der Waals surface area contributed by atoms with Crippen molar-refractivity contribution in [3.8, 4) is 0 Å². The van der Waals surface area contributed by atoms with Crippen molar-refractivity contribution in [2.75, 3.05) is 11.4 Å². The van der Waals surface area contributed by atoms with Gasteiger partial charge in [0, 0.05) is 24.2 Å². The minimum atomic E-state index is -0.0255. The molecule has 4 bridgehead atoms. The Balaban J connectivity index is 1.29. The maximum atomic E-state index is 13.1. The fraction of sp³-hybridized carbons (Fsp3) is 0.800. The van der Waals surface area contributed by atoms with Crippen molar-refractivity contribution in [3.05, 3.63) is 11.6 Å². The summed E-state index contributed by atoms with van der Waals surface area (Å²) in [5.74, 6) is 3.03. The molecule has 2 atom stereocenters. The monoisotopic (exact) mass is 359 g/mol. The summed E-state index contributed by atoms with van der Waals surface area (Å²) in [5.41, 5.74) is 0.384. The highest BCUT2D eigenvalue weighted by atomic mass is 32.1. The van der Waals surface area contributed by atoms with Gasteiger partial charge in [-0.2, -0.15) is 0 Å². The number of hydrogen-bond acceptors (Lipinski definition) is 4. The van der Waals surface area contributed by atoms with E-state index in [-0.39, 0.29) is 11.9 Å². The van der Waals surface area contributed by atoms with Gasteiger partial charge in [0.25, 0.3) is 0 Å². The number of carbonyl (C=O) groups excluding carboxylic acids is 1. The van der Waals surface area contributed by atoms with Crippen LogP contribution in [0.3, 0.4) is 0 Å². The van der Waals surface area contributed by atoms with Gasteiger partial charge in [0.2, 0.25) is 5.91 Å². The molecule has 4 nitrogen and oxygen atoms in total. The Bertz CT molecular complexity index is 608. The van der Waals surface area contributed by atoms with Crippen LogP contribution in [0.15, 0.2) is 11.6 Å². The predicted molar refractivity (Wildman–Crippen MR) is 101 cm³/mol. The molecule has 0 spiro atoms. The number of hydrogen-bond donors (Lipinski definition) is 1. The molecule has 2 heterocycles. The maximum Gasteiger partial charge on any atom is 0.243 e. The van der Waals surface area contributed by atoms with Crippen LogP contribution in [-0.2, 0) is 4.79 Å². The van der Waals surface area contributed by atoms with Crippen LogP contribution in [0.5, 0.6) is 0 Å². The van der Waals surface area contributed by atoms with E-state index < -0.39 is 0 Å². The highest BCUT2D eigenvalue weighted by Crippen LogP contribution is 2.61. The first kappa shape index (κ1) is 16.1. The van der Waals surface area contributed by atoms with Crippen LogP contribution in [0.4, 0.5) is 5.13 Å². The van der Waals surface area contributed by atoms with Gasteiger partial charge >= 0.3 is 0 Å². The second-order valence-corrected chi connectivity index (χ2v) is 10.0. The molecule has 1 amide bonds. The van der Waals surface area contributed by atoms with Crippen LogP contribution in [0, 0.1) is 23.2 Å². The highest BCUT2D eigenvalue weighted by Gasteiger charge is 2.53. The molecule has 136 valence electrons. The number of anilines is 1. The summed E-state index contributed by atoms with van der Waals surface area (Å²) in [4.78, 5) is 19.7. The van der Waals surface area contributed by atoms with Gasteiger partial charge in [-0.1, -0.05) is 0 Å². The molecule has 1 aromatic rings. The normalized spacial score (nSPS) is 40.4. The van der Waals surface area contributed by atoms with Gasteiger partial charge < -0.3 is 10.2 Å². The molecule has 25 heavy (non-hydrogen) atoms. The number of rotatable bonds is 4. The number of amides is 1. The summed E-state index contributed by atoms with van der Waals surface area (Å²) in [6.45, 7) is 3.24. The lowest BCUT2D eigenvalue weighted by Crippen LogP contribution is -2.57. The van der Waals surface area contributed by atoms with E-state index in [1.165, 1.54) is 38.5 Å². The van der Waals surface area contributed by atoms with Crippen molar-refractivity contribution in [2.45, 2.75) is 70.4 Å². The van der Waals surface area contributed by atoms with Gasteiger partial charge in [0.15, 0.2) is 5.13 Å². The van der Waals surface area contributed by atoms with Gasteiger partial charge in [-0.25, -0.2) is 4.98 Å².